The Morgan fingerprint density at radius 2 is 1.54 bits per heavy atom. The number of carbonyl (C=O) groups excluding carboxylic acids is 3. The van der Waals surface area contributed by atoms with E-state index in [-0.39, 0.29) is 24.8 Å². The van der Waals surface area contributed by atoms with Crippen LogP contribution in [0.1, 0.15) is 28.4 Å². The van der Waals surface area contributed by atoms with E-state index in [1.807, 2.05) is 12.1 Å². The van der Waals surface area contributed by atoms with Gasteiger partial charge in [-0.1, -0.05) is 48.5 Å². The van der Waals surface area contributed by atoms with E-state index in [4.69, 9.17) is 4.74 Å². The summed E-state index contributed by atoms with van der Waals surface area (Å²) in [4.78, 5) is 37.8. The first-order valence-electron chi connectivity index (χ1n) is 8.28. The van der Waals surface area contributed by atoms with Crippen molar-refractivity contribution in [1.29, 1.82) is 0 Å². The van der Waals surface area contributed by atoms with Gasteiger partial charge in [0.2, 0.25) is 6.10 Å². The summed E-state index contributed by atoms with van der Waals surface area (Å²) in [5, 5.41) is 2.66. The number of nitrogens with zero attached hydrogens (tertiary/aromatic N) is 1. The zero-order chi connectivity index (χ0) is 18.9. The lowest BCUT2D eigenvalue weighted by molar-refractivity contribution is -0.159. The van der Waals surface area contributed by atoms with Gasteiger partial charge in [0.25, 0.3) is 11.8 Å². The molecule has 0 bridgehead atoms. The largest absolute Gasteiger partial charge is 0.447 e. The van der Waals surface area contributed by atoms with Crippen molar-refractivity contribution in [2.45, 2.75) is 12.5 Å². The van der Waals surface area contributed by atoms with E-state index in [2.05, 4.69) is 5.32 Å². The summed E-state index contributed by atoms with van der Waals surface area (Å²) < 4.78 is 5.37. The molecule has 26 heavy (non-hydrogen) atoms. The molecule has 0 aliphatic carbocycles. The number of amides is 2. The Morgan fingerprint density at radius 1 is 0.962 bits per heavy atom. The van der Waals surface area contributed by atoms with Gasteiger partial charge in [0.05, 0.1) is 6.42 Å². The molecule has 0 saturated carbocycles. The number of benzene rings is 2. The van der Waals surface area contributed by atoms with Crippen molar-refractivity contribution in [2.75, 3.05) is 20.6 Å². The molecule has 0 radical (unpaired) electrons. The zero-order valence-electron chi connectivity index (χ0n) is 14.8. The third-order valence-corrected chi connectivity index (χ3v) is 3.67. The Morgan fingerprint density at radius 3 is 2.12 bits per heavy atom. The highest BCUT2D eigenvalue weighted by atomic mass is 16.5. The third-order valence-electron chi connectivity index (χ3n) is 3.67. The molecule has 0 unspecified atom stereocenters. The standard InChI is InChI=1S/C20H22N2O4/c1-22(2)20(25)18(15-9-5-3-6-10-15)26-17(23)13-14-21-19(24)16-11-7-4-8-12-16/h3-12,18H,13-14H2,1-2H3,(H,21,24)/t18-/m0/s1. The lowest BCUT2D eigenvalue weighted by Crippen LogP contribution is -2.32. The Balaban J connectivity index is 1.91. The number of likely N-dealkylation sites (N-methyl/N-ethyl adjacent to an activating group) is 1. The molecule has 2 amide bonds. The van der Waals surface area contributed by atoms with Crippen LogP contribution in [0.25, 0.3) is 0 Å². The predicted octanol–water partition coefficient (Wildman–Crippen LogP) is 2.18. The summed E-state index contributed by atoms with van der Waals surface area (Å²) >= 11 is 0. The van der Waals surface area contributed by atoms with Crippen molar-refractivity contribution in [2.24, 2.45) is 0 Å². The molecule has 0 spiro atoms. The summed E-state index contributed by atoms with van der Waals surface area (Å²) in [6.07, 6.45) is -1.02. The van der Waals surface area contributed by atoms with Crippen molar-refractivity contribution < 1.29 is 19.1 Å². The van der Waals surface area contributed by atoms with Crippen molar-refractivity contribution in [3.05, 3.63) is 71.8 Å². The van der Waals surface area contributed by atoms with Gasteiger partial charge in [-0.25, -0.2) is 0 Å². The number of ether oxygens (including phenoxy) is 1. The summed E-state index contributed by atoms with van der Waals surface area (Å²) in [5.41, 5.74) is 1.12. The van der Waals surface area contributed by atoms with Gasteiger partial charge < -0.3 is 15.0 Å². The second-order valence-electron chi connectivity index (χ2n) is 5.89. The third kappa shape index (κ3) is 5.44. The maximum Gasteiger partial charge on any atom is 0.308 e. The van der Waals surface area contributed by atoms with Gasteiger partial charge in [-0.05, 0) is 12.1 Å². The molecule has 2 aromatic rings. The maximum atomic E-state index is 12.3. The highest BCUT2D eigenvalue weighted by Crippen LogP contribution is 2.20. The predicted molar refractivity (Wildman–Crippen MR) is 97.4 cm³/mol. The molecule has 136 valence electrons. The van der Waals surface area contributed by atoms with Crippen LogP contribution in [-0.2, 0) is 14.3 Å². The SMILES string of the molecule is CN(C)C(=O)[C@@H](OC(=O)CCNC(=O)c1ccccc1)c1ccccc1. The molecule has 2 aromatic carbocycles. The molecule has 0 aliphatic heterocycles. The van der Waals surface area contributed by atoms with Gasteiger partial charge in [-0.3, -0.25) is 14.4 Å². The Bertz CT molecular complexity index is 745. The molecule has 1 atom stereocenters. The van der Waals surface area contributed by atoms with E-state index >= 15 is 0 Å². The van der Waals surface area contributed by atoms with Crippen molar-refractivity contribution >= 4 is 17.8 Å². The first kappa shape index (κ1) is 19.2. The zero-order valence-corrected chi connectivity index (χ0v) is 14.8. The monoisotopic (exact) mass is 354 g/mol. The first-order valence-corrected chi connectivity index (χ1v) is 8.28. The molecular formula is C20H22N2O4. The molecule has 0 aromatic heterocycles. The molecule has 1 N–H and O–H groups in total. The van der Waals surface area contributed by atoms with Crippen molar-refractivity contribution in [3.63, 3.8) is 0 Å². The van der Waals surface area contributed by atoms with Gasteiger partial charge in [0.1, 0.15) is 0 Å². The molecule has 0 aliphatic rings. The van der Waals surface area contributed by atoms with E-state index in [0.717, 1.165) is 0 Å². The Hall–Kier alpha value is -3.15. The fourth-order valence-corrected chi connectivity index (χ4v) is 2.28. The fourth-order valence-electron chi connectivity index (χ4n) is 2.28. The van der Waals surface area contributed by atoms with Crippen LogP contribution in [0.4, 0.5) is 0 Å². The molecule has 0 saturated heterocycles. The quantitative estimate of drug-likeness (QED) is 0.773. The molecule has 6 nitrogen and oxygen atoms in total. The van der Waals surface area contributed by atoms with Crippen molar-refractivity contribution in [3.8, 4) is 0 Å². The van der Waals surface area contributed by atoms with E-state index in [0.29, 0.717) is 11.1 Å². The Kier molecular flexibility index (Phi) is 6.91. The molecule has 2 rings (SSSR count). The van der Waals surface area contributed by atoms with Crippen LogP contribution in [0.2, 0.25) is 0 Å². The number of hydrogen-bond acceptors (Lipinski definition) is 4. The molecule has 6 heteroatoms. The van der Waals surface area contributed by atoms with E-state index in [1.54, 1.807) is 62.6 Å². The summed E-state index contributed by atoms with van der Waals surface area (Å²) in [6.45, 7) is 0.129. The van der Waals surface area contributed by atoms with Gasteiger partial charge >= 0.3 is 5.97 Å². The van der Waals surface area contributed by atoms with Gasteiger partial charge in [-0.2, -0.15) is 0 Å². The normalized spacial score (nSPS) is 11.3. The lowest BCUT2D eigenvalue weighted by atomic mass is 10.1. The second-order valence-corrected chi connectivity index (χ2v) is 5.89. The number of esters is 1. The highest BCUT2D eigenvalue weighted by Gasteiger charge is 2.26. The van der Waals surface area contributed by atoms with Crippen LogP contribution in [0, 0.1) is 0 Å². The summed E-state index contributed by atoms with van der Waals surface area (Å²) in [5.74, 6) is -1.14. The topological polar surface area (TPSA) is 75.7 Å². The average molecular weight is 354 g/mol. The molecule has 0 heterocycles. The Labute approximate surface area is 152 Å². The van der Waals surface area contributed by atoms with E-state index in [1.165, 1.54) is 4.90 Å². The van der Waals surface area contributed by atoms with Crippen LogP contribution < -0.4 is 5.32 Å². The van der Waals surface area contributed by atoms with Gasteiger partial charge in [0.15, 0.2) is 0 Å². The van der Waals surface area contributed by atoms with Gasteiger partial charge in [-0.15, -0.1) is 0 Å². The number of nitrogens with one attached hydrogen (secondary N) is 1. The molecule has 0 fully saturated rings. The van der Waals surface area contributed by atoms with Crippen LogP contribution in [0.15, 0.2) is 60.7 Å². The smallest absolute Gasteiger partial charge is 0.308 e. The minimum atomic E-state index is -0.997. The van der Waals surface area contributed by atoms with Crippen LogP contribution in [0.3, 0.4) is 0 Å². The average Bonchev–Trinajstić information content (AvgIpc) is 2.66. The minimum absolute atomic E-state index is 0.0252. The summed E-state index contributed by atoms with van der Waals surface area (Å²) in [7, 11) is 3.21. The van der Waals surface area contributed by atoms with Crippen molar-refractivity contribution in [1.82, 2.24) is 10.2 Å². The highest BCUT2D eigenvalue weighted by molar-refractivity contribution is 5.94. The first-order chi connectivity index (χ1) is 12.5. The van der Waals surface area contributed by atoms with Crippen LogP contribution in [-0.4, -0.2) is 43.3 Å². The second kappa shape index (κ2) is 9.36. The van der Waals surface area contributed by atoms with Crippen LogP contribution in [0.5, 0.6) is 0 Å². The van der Waals surface area contributed by atoms with Gasteiger partial charge in [0, 0.05) is 31.8 Å². The van der Waals surface area contributed by atoms with E-state index < -0.39 is 12.1 Å². The lowest BCUT2D eigenvalue weighted by Gasteiger charge is -2.21. The van der Waals surface area contributed by atoms with E-state index in [9.17, 15) is 14.4 Å². The minimum Gasteiger partial charge on any atom is -0.447 e. The maximum absolute atomic E-state index is 12.3. The number of rotatable bonds is 7. The number of carbonyl (C=O) groups is 3. The number of hydrogen-bond donors (Lipinski definition) is 1. The van der Waals surface area contributed by atoms with Crippen LogP contribution >= 0.6 is 0 Å². The fraction of sp³-hybridized carbons (Fsp3) is 0.250. The molecular weight excluding hydrogens is 332 g/mol. The summed E-state index contributed by atoms with van der Waals surface area (Å²) in [6, 6.07) is 17.6.